The van der Waals surface area contributed by atoms with Crippen LogP contribution in [0.25, 0.3) is 0 Å². The molecule has 18 heavy (non-hydrogen) atoms. The van der Waals surface area contributed by atoms with E-state index in [-0.39, 0.29) is 0 Å². The van der Waals surface area contributed by atoms with Crippen LogP contribution in [0.4, 0.5) is 11.6 Å². The lowest BCUT2D eigenvalue weighted by Crippen LogP contribution is -2.31. The highest BCUT2D eigenvalue weighted by molar-refractivity contribution is 5.59. The Labute approximate surface area is 110 Å². The maximum atomic E-state index is 4.55. The van der Waals surface area contributed by atoms with Crippen LogP contribution in [0.15, 0.2) is 6.33 Å². The van der Waals surface area contributed by atoms with Gasteiger partial charge in [-0.2, -0.15) is 0 Å². The molecule has 4 heteroatoms. The van der Waals surface area contributed by atoms with Crippen molar-refractivity contribution in [2.24, 2.45) is 5.92 Å². The molecule has 1 N–H and O–H groups in total. The van der Waals surface area contributed by atoms with Crippen LogP contribution in [0.2, 0.25) is 0 Å². The number of aromatic nitrogens is 2. The summed E-state index contributed by atoms with van der Waals surface area (Å²) < 4.78 is 0. The molecular weight excluding hydrogens is 224 g/mol. The van der Waals surface area contributed by atoms with Gasteiger partial charge in [-0.05, 0) is 25.2 Å². The van der Waals surface area contributed by atoms with E-state index in [2.05, 4.69) is 41.0 Å². The summed E-state index contributed by atoms with van der Waals surface area (Å²) in [5.74, 6) is 2.76. The maximum Gasteiger partial charge on any atom is 0.137 e. The summed E-state index contributed by atoms with van der Waals surface area (Å²) in [6.45, 7) is 7.78. The monoisotopic (exact) mass is 248 g/mol. The fourth-order valence-electron chi connectivity index (χ4n) is 2.38. The summed E-state index contributed by atoms with van der Waals surface area (Å²) in [6, 6.07) is 0.692. The second-order valence-electron chi connectivity index (χ2n) is 5.41. The summed E-state index contributed by atoms with van der Waals surface area (Å²) in [4.78, 5) is 11.3. The Kier molecular flexibility index (Phi) is 4.04. The van der Waals surface area contributed by atoms with Crippen LogP contribution in [0.5, 0.6) is 0 Å². The molecule has 0 atom stereocenters. The Bertz CT molecular complexity index is 399. The van der Waals surface area contributed by atoms with Crippen molar-refractivity contribution in [3.63, 3.8) is 0 Å². The van der Waals surface area contributed by atoms with Crippen LogP contribution < -0.4 is 10.2 Å². The van der Waals surface area contributed by atoms with Crippen LogP contribution in [0, 0.1) is 5.92 Å². The van der Waals surface area contributed by atoms with Gasteiger partial charge in [0, 0.05) is 25.2 Å². The minimum atomic E-state index is 0.656. The van der Waals surface area contributed by atoms with Gasteiger partial charge in [0.15, 0.2) is 0 Å². The summed E-state index contributed by atoms with van der Waals surface area (Å²) in [5.41, 5.74) is 1.24. The highest BCUT2D eigenvalue weighted by Crippen LogP contribution is 2.34. The zero-order valence-corrected chi connectivity index (χ0v) is 11.9. The Balaban J connectivity index is 2.34. The summed E-state index contributed by atoms with van der Waals surface area (Å²) in [7, 11) is 1.93. The average molecular weight is 248 g/mol. The van der Waals surface area contributed by atoms with Gasteiger partial charge < -0.3 is 10.2 Å². The van der Waals surface area contributed by atoms with Crippen molar-refractivity contribution < 1.29 is 0 Å². The van der Waals surface area contributed by atoms with Crippen LogP contribution in [-0.2, 0) is 6.42 Å². The van der Waals surface area contributed by atoms with Gasteiger partial charge in [-0.1, -0.05) is 20.8 Å². The van der Waals surface area contributed by atoms with E-state index in [9.17, 15) is 0 Å². The molecule has 100 valence electrons. The van der Waals surface area contributed by atoms with Gasteiger partial charge in [0.05, 0.1) is 0 Å². The third kappa shape index (κ3) is 2.74. The van der Waals surface area contributed by atoms with Crippen molar-refractivity contribution in [1.82, 2.24) is 9.97 Å². The zero-order valence-electron chi connectivity index (χ0n) is 11.9. The lowest BCUT2D eigenvalue weighted by Gasteiger charge is -2.28. The quantitative estimate of drug-likeness (QED) is 0.840. The minimum absolute atomic E-state index is 0.656. The van der Waals surface area contributed by atoms with Crippen LogP contribution >= 0.6 is 0 Å². The molecule has 0 spiro atoms. The lowest BCUT2D eigenvalue weighted by molar-refractivity contribution is 0.600. The molecule has 0 aromatic carbocycles. The molecule has 1 fully saturated rings. The van der Waals surface area contributed by atoms with E-state index in [1.54, 1.807) is 6.33 Å². The van der Waals surface area contributed by atoms with Gasteiger partial charge in [-0.15, -0.1) is 0 Å². The van der Waals surface area contributed by atoms with E-state index in [0.29, 0.717) is 12.0 Å². The highest BCUT2D eigenvalue weighted by Gasteiger charge is 2.32. The first-order valence-electron chi connectivity index (χ1n) is 6.95. The molecule has 4 nitrogen and oxygen atoms in total. The maximum absolute atomic E-state index is 4.55. The van der Waals surface area contributed by atoms with E-state index in [4.69, 9.17) is 0 Å². The topological polar surface area (TPSA) is 41.1 Å². The molecule has 1 heterocycles. The van der Waals surface area contributed by atoms with Crippen molar-refractivity contribution in [3.8, 4) is 0 Å². The number of anilines is 2. The molecule has 1 aromatic rings. The van der Waals surface area contributed by atoms with Crippen molar-refractivity contribution in [3.05, 3.63) is 11.9 Å². The predicted octanol–water partition coefficient (Wildman–Crippen LogP) is 2.71. The molecule has 0 bridgehead atoms. The van der Waals surface area contributed by atoms with Gasteiger partial charge >= 0.3 is 0 Å². The predicted molar refractivity (Wildman–Crippen MR) is 76.2 cm³/mol. The standard InChI is InChI=1S/C14H24N4/c1-5-12-13(15-4)16-9-17-14(12)18(8-10(2)3)11-6-7-11/h9-11H,5-8H2,1-4H3,(H,15,16,17). The van der Waals surface area contributed by atoms with Gasteiger partial charge in [0.2, 0.25) is 0 Å². The van der Waals surface area contributed by atoms with E-state index >= 15 is 0 Å². The van der Waals surface area contributed by atoms with Crippen LogP contribution in [0.1, 0.15) is 39.2 Å². The minimum Gasteiger partial charge on any atom is -0.373 e. The zero-order chi connectivity index (χ0) is 13.1. The van der Waals surface area contributed by atoms with Crippen molar-refractivity contribution in [2.45, 2.75) is 46.1 Å². The Morgan fingerprint density at radius 2 is 2.11 bits per heavy atom. The second kappa shape index (κ2) is 5.55. The largest absolute Gasteiger partial charge is 0.373 e. The molecule has 1 aromatic heterocycles. The summed E-state index contributed by atoms with van der Waals surface area (Å²) in [6.07, 6.45) is 5.24. The van der Waals surface area contributed by atoms with Crippen molar-refractivity contribution >= 4 is 11.6 Å². The fourth-order valence-corrected chi connectivity index (χ4v) is 2.38. The van der Waals surface area contributed by atoms with E-state index in [0.717, 1.165) is 24.6 Å². The van der Waals surface area contributed by atoms with Crippen molar-refractivity contribution in [1.29, 1.82) is 0 Å². The number of nitrogens with one attached hydrogen (secondary N) is 1. The van der Waals surface area contributed by atoms with E-state index in [1.165, 1.54) is 18.4 Å². The molecule has 1 aliphatic rings. The van der Waals surface area contributed by atoms with Crippen LogP contribution in [0.3, 0.4) is 0 Å². The Morgan fingerprint density at radius 1 is 1.39 bits per heavy atom. The third-order valence-corrected chi connectivity index (χ3v) is 3.33. The first-order chi connectivity index (χ1) is 8.67. The first-order valence-corrected chi connectivity index (χ1v) is 6.95. The summed E-state index contributed by atoms with van der Waals surface area (Å²) >= 11 is 0. The molecule has 0 radical (unpaired) electrons. The average Bonchev–Trinajstić information content (AvgIpc) is 3.18. The van der Waals surface area contributed by atoms with E-state index in [1.807, 2.05) is 7.05 Å². The van der Waals surface area contributed by atoms with Gasteiger partial charge in [0.25, 0.3) is 0 Å². The van der Waals surface area contributed by atoms with Gasteiger partial charge in [0.1, 0.15) is 18.0 Å². The number of hydrogen-bond acceptors (Lipinski definition) is 4. The number of rotatable bonds is 6. The molecule has 0 unspecified atom stereocenters. The van der Waals surface area contributed by atoms with Crippen LogP contribution in [-0.4, -0.2) is 29.6 Å². The number of nitrogens with zero attached hydrogens (tertiary/aromatic N) is 3. The van der Waals surface area contributed by atoms with E-state index < -0.39 is 0 Å². The fraction of sp³-hybridized carbons (Fsp3) is 0.714. The summed E-state index contributed by atoms with van der Waals surface area (Å²) in [5, 5.41) is 3.18. The second-order valence-corrected chi connectivity index (χ2v) is 5.41. The number of hydrogen-bond donors (Lipinski definition) is 1. The first kappa shape index (κ1) is 13.1. The normalized spacial score (nSPS) is 14.9. The third-order valence-electron chi connectivity index (χ3n) is 3.33. The molecule has 0 amide bonds. The van der Waals surface area contributed by atoms with Crippen molar-refractivity contribution in [2.75, 3.05) is 23.8 Å². The Hall–Kier alpha value is -1.32. The smallest absolute Gasteiger partial charge is 0.137 e. The molecule has 0 aliphatic heterocycles. The molecule has 1 aliphatic carbocycles. The SMILES string of the molecule is CCc1c(NC)ncnc1N(CC(C)C)C1CC1. The molecule has 0 saturated heterocycles. The molecule has 1 saturated carbocycles. The molecule has 2 rings (SSSR count). The molecular formula is C14H24N4. The van der Waals surface area contributed by atoms with Gasteiger partial charge in [-0.25, -0.2) is 9.97 Å². The lowest BCUT2D eigenvalue weighted by atomic mass is 10.1. The Morgan fingerprint density at radius 3 is 2.61 bits per heavy atom. The highest BCUT2D eigenvalue weighted by atomic mass is 15.2. The van der Waals surface area contributed by atoms with Gasteiger partial charge in [-0.3, -0.25) is 0 Å².